The molecule has 4 heterocycles. The number of hydrogen-bond donors (Lipinski definition) is 1. The Balaban J connectivity index is 1.29. The van der Waals surface area contributed by atoms with Crippen molar-refractivity contribution in [3.05, 3.63) is 59.3 Å². The maximum atomic E-state index is 12.7. The molecule has 1 unspecified atom stereocenters. The van der Waals surface area contributed by atoms with Crippen LogP contribution < -0.4 is 0 Å². The van der Waals surface area contributed by atoms with Crippen molar-refractivity contribution in [2.75, 3.05) is 13.1 Å². The summed E-state index contributed by atoms with van der Waals surface area (Å²) in [7, 11) is -3.46. The molecule has 1 aromatic carbocycles. The van der Waals surface area contributed by atoms with Gasteiger partial charge in [-0.05, 0) is 55.9 Å². The number of imidazole rings is 1. The van der Waals surface area contributed by atoms with Crippen LogP contribution in [-0.2, 0) is 10.0 Å². The van der Waals surface area contributed by atoms with E-state index in [1.165, 1.54) is 9.18 Å². The smallest absolute Gasteiger partial charge is 0.243 e. The molecule has 0 radical (unpaired) electrons. The molecule has 9 nitrogen and oxygen atoms in total. The Kier molecular flexibility index (Phi) is 4.68. The molecule has 0 amide bonds. The molecule has 32 heavy (non-hydrogen) atoms. The lowest BCUT2D eigenvalue weighted by Gasteiger charge is -2.15. The Bertz CT molecular complexity index is 1380. The number of sulfonamides is 1. The lowest BCUT2D eigenvalue weighted by Crippen LogP contribution is -2.27. The second-order valence-corrected chi connectivity index (χ2v) is 11.3. The highest BCUT2D eigenvalue weighted by Crippen LogP contribution is 2.47. The van der Waals surface area contributed by atoms with E-state index in [-0.39, 0.29) is 4.90 Å². The van der Waals surface area contributed by atoms with Gasteiger partial charge in [-0.1, -0.05) is 5.21 Å². The standard InChI is InChI=1S/C21H22N6O3S2/c28-20(19-21(14-3-4-14)31-18-11-22-13-26(18)19)17-12-27(24-23-17)15-5-7-16(8-6-15)32(29,30)25-9-1-2-10-25/h5-8,11-14,20,28H,1-4,9-10H2. The number of aliphatic hydroxyl groups is 1. The lowest BCUT2D eigenvalue weighted by atomic mass is 10.1. The molecular weight excluding hydrogens is 448 g/mol. The van der Waals surface area contributed by atoms with Crippen LogP contribution in [0.3, 0.4) is 0 Å². The number of benzene rings is 1. The predicted octanol–water partition coefficient (Wildman–Crippen LogP) is 2.72. The van der Waals surface area contributed by atoms with Gasteiger partial charge < -0.3 is 5.11 Å². The summed E-state index contributed by atoms with van der Waals surface area (Å²) in [6.07, 6.45) is 8.37. The van der Waals surface area contributed by atoms with Gasteiger partial charge in [0.2, 0.25) is 10.0 Å². The number of fused-ring (bicyclic) bond motifs is 1. The zero-order valence-electron chi connectivity index (χ0n) is 17.2. The molecule has 0 bridgehead atoms. The molecule has 11 heteroatoms. The van der Waals surface area contributed by atoms with Crippen LogP contribution in [0.15, 0.2) is 47.9 Å². The van der Waals surface area contributed by atoms with Crippen LogP contribution in [0, 0.1) is 0 Å². The first kappa shape index (κ1) is 20.0. The topological polar surface area (TPSA) is 106 Å². The highest BCUT2D eigenvalue weighted by atomic mass is 32.2. The van der Waals surface area contributed by atoms with Gasteiger partial charge in [0.05, 0.1) is 28.7 Å². The molecule has 2 fully saturated rings. The van der Waals surface area contributed by atoms with Gasteiger partial charge >= 0.3 is 0 Å². The molecular formula is C21H22N6O3S2. The Morgan fingerprint density at radius 2 is 1.88 bits per heavy atom. The molecule has 1 N–H and O–H groups in total. The third kappa shape index (κ3) is 3.27. The fourth-order valence-corrected chi connectivity index (χ4v) is 7.06. The summed E-state index contributed by atoms with van der Waals surface area (Å²) in [6, 6.07) is 6.61. The van der Waals surface area contributed by atoms with Crippen molar-refractivity contribution >= 4 is 26.2 Å². The molecule has 0 spiro atoms. The predicted molar refractivity (Wildman–Crippen MR) is 118 cm³/mol. The highest BCUT2D eigenvalue weighted by molar-refractivity contribution is 7.89. The van der Waals surface area contributed by atoms with Crippen molar-refractivity contribution in [3.63, 3.8) is 0 Å². The fourth-order valence-electron chi connectivity index (χ4n) is 4.24. The summed E-state index contributed by atoms with van der Waals surface area (Å²) < 4.78 is 30.5. The first-order chi connectivity index (χ1) is 15.5. The molecule has 1 atom stereocenters. The summed E-state index contributed by atoms with van der Waals surface area (Å²) in [6.45, 7) is 1.15. The van der Waals surface area contributed by atoms with Gasteiger partial charge in [0.15, 0.2) is 0 Å². The summed E-state index contributed by atoms with van der Waals surface area (Å²) in [5.74, 6) is 0.490. The molecule has 4 aromatic rings. The molecule has 1 saturated heterocycles. The normalized spacial score (nSPS) is 18.5. The Morgan fingerprint density at radius 1 is 1.12 bits per heavy atom. The third-order valence-corrected chi connectivity index (χ3v) is 9.32. The summed E-state index contributed by atoms with van der Waals surface area (Å²) in [5.41, 5.74) is 1.93. The molecule has 1 saturated carbocycles. The highest BCUT2D eigenvalue weighted by Gasteiger charge is 2.33. The van der Waals surface area contributed by atoms with Crippen LogP contribution in [0.1, 0.15) is 54.0 Å². The third-order valence-electron chi connectivity index (χ3n) is 6.13. The number of nitrogens with zero attached hydrogens (tertiary/aromatic N) is 6. The van der Waals surface area contributed by atoms with Crippen molar-refractivity contribution in [2.45, 2.75) is 42.6 Å². The fraction of sp³-hybridized carbons (Fsp3) is 0.381. The van der Waals surface area contributed by atoms with Gasteiger partial charge in [-0.3, -0.25) is 4.40 Å². The molecule has 3 aromatic heterocycles. The Hall–Kier alpha value is -2.60. The maximum absolute atomic E-state index is 12.7. The van der Waals surface area contributed by atoms with Crippen LogP contribution in [0.25, 0.3) is 10.5 Å². The van der Waals surface area contributed by atoms with Gasteiger partial charge in [0.25, 0.3) is 0 Å². The zero-order chi connectivity index (χ0) is 21.9. The van der Waals surface area contributed by atoms with E-state index in [1.54, 1.807) is 59.0 Å². The summed E-state index contributed by atoms with van der Waals surface area (Å²) >= 11 is 1.67. The number of aromatic nitrogens is 5. The van der Waals surface area contributed by atoms with Crippen molar-refractivity contribution in [1.82, 2.24) is 28.7 Å². The Labute approximate surface area is 189 Å². The van der Waals surface area contributed by atoms with E-state index in [1.807, 2.05) is 4.40 Å². The molecule has 6 rings (SSSR count). The summed E-state index contributed by atoms with van der Waals surface area (Å²) in [4.78, 5) is 6.66. The van der Waals surface area contributed by atoms with E-state index in [9.17, 15) is 13.5 Å². The van der Waals surface area contributed by atoms with Crippen LogP contribution in [-0.4, -0.2) is 55.3 Å². The van der Waals surface area contributed by atoms with Crippen LogP contribution >= 0.6 is 11.3 Å². The molecule has 1 aliphatic carbocycles. The van der Waals surface area contributed by atoms with E-state index < -0.39 is 16.1 Å². The largest absolute Gasteiger partial charge is 0.380 e. The molecule has 166 valence electrons. The van der Waals surface area contributed by atoms with Crippen molar-refractivity contribution in [3.8, 4) is 5.69 Å². The van der Waals surface area contributed by atoms with Crippen LogP contribution in [0.4, 0.5) is 0 Å². The van der Waals surface area contributed by atoms with Gasteiger partial charge in [-0.15, -0.1) is 16.4 Å². The number of rotatable bonds is 6. The SMILES string of the molecule is O=S(=O)(c1ccc(-n2cc(C(O)c3c(C4CC4)sc4cncn34)nn2)cc1)N1CCCC1. The second-order valence-electron chi connectivity index (χ2n) is 8.32. The van der Waals surface area contributed by atoms with E-state index in [0.717, 1.165) is 36.2 Å². The average Bonchev–Trinajstić information content (AvgIpc) is 3.25. The summed E-state index contributed by atoms with van der Waals surface area (Å²) in [5, 5.41) is 19.5. The number of hydrogen-bond acceptors (Lipinski definition) is 7. The van der Waals surface area contributed by atoms with E-state index in [4.69, 9.17) is 0 Å². The second kappa shape index (κ2) is 7.48. The van der Waals surface area contributed by atoms with E-state index in [0.29, 0.717) is 30.4 Å². The van der Waals surface area contributed by atoms with Gasteiger partial charge in [-0.2, -0.15) is 4.31 Å². The van der Waals surface area contributed by atoms with Crippen LogP contribution in [0.5, 0.6) is 0 Å². The van der Waals surface area contributed by atoms with Gasteiger partial charge in [-0.25, -0.2) is 18.1 Å². The molecule has 2 aliphatic rings. The minimum Gasteiger partial charge on any atom is -0.380 e. The van der Waals surface area contributed by atoms with E-state index >= 15 is 0 Å². The lowest BCUT2D eigenvalue weighted by molar-refractivity contribution is 0.208. The Morgan fingerprint density at radius 3 is 2.59 bits per heavy atom. The van der Waals surface area contributed by atoms with Gasteiger partial charge in [0.1, 0.15) is 23.0 Å². The van der Waals surface area contributed by atoms with Crippen molar-refractivity contribution < 1.29 is 13.5 Å². The minimum atomic E-state index is -3.46. The monoisotopic (exact) mass is 470 g/mol. The molecule has 1 aliphatic heterocycles. The van der Waals surface area contributed by atoms with Crippen molar-refractivity contribution in [2.24, 2.45) is 0 Å². The van der Waals surface area contributed by atoms with Gasteiger partial charge in [0, 0.05) is 18.0 Å². The quantitative estimate of drug-likeness (QED) is 0.465. The minimum absolute atomic E-state index is 0.276. The number of thiazole rings is 1. The zero-order valence-corrected chi connectivity index (χ0v) is 18.8. The van der Waals surface area contributed by atoms with Crippen LogP contribution in [0.2, 0.25) is 0 Å². The van der Waals surface area contributed by atoms with Crippen molar-refractivity contribution in [1.29, 1.82) is 0 Å². The van der Waals surface area contributed by atoms with E-state index in [2.05, 4.69) is 15.3 Å². The number of aliphatic hydroxyl groups excluding tert-OH is 1. The first-order valence-corrected chi connectivity index (χ1v) is 12.9. The maximum Gasteiger partial charge on any atom is 0.243 e. The first-order valence-electron chi connectivity index (χ1n) is 10.7. The average molecular weight is 471 g/mol.